The van der Waals surface area contributed by atoms with Crippen LogP contribution in [-0.2, 0) is 16.1 Å². The predicted octanol–water partition coefficient (Wildman–Crippen LogP) is 2.13. The van der Waals surface area contributed by atoms with Crippen LogP contribution in [0.25, 0.3) is 6.08 Å². The SMILES string of the molecule is COc1cc(/C=C/C(=O)OCc2ccc(N)nc2)ccc1O. The van der Waals surface area contributed by atoms with Crippen LogP contribution in [0.5, 0.6) is 11.5 Å². The number of anilines is 1. The molecule has 1 aromatic carbocycles. The van der Waals surface area contributed by atoms with Crippen molar-refractivity contribution in [2.24, 2.45) is 0 Å². The van der Waals surface area contributed by atoms with Crippen LogP contribution in [0.15, 0.2) is 42.6 Å². The van der Waals surface area contributed by atoms with Gasteiger partial charge >= 0.3 is 5.97 Å². The van der Waals surface area contributed by atoms with Crippen LogP contribution in [0.3, 0.4) is 0 Å². The summed E-state index contributed by atoms with van der Waals surface area (Å²) >= 11 is 0. The van der Waals surface area contributed by atoms with Crippen LogP contribution < -0.4 is 10.5 Å². The molecule has 1 aromatic heterocycles. The third kappa shape index (κ3) is 4.24. The zero-order valence-corrected chi connectivity index (χ0v) is 12.0. The molecular weight excluding hydrogens is 284 g/mol. The molecule has 22 heavy (non-hydrogen) atoms. The van der Waals surface area contributed by atoms with Gasteiger partial charge < -0.3 is 20.3 Å². The molecule has 2 aromatic rings. The number of aromatic hydroxyl groups is 1. The van der Waals surface area contributed by atoms with Crippen LogP contribution in [-0.4, -0.2) is 23.2 Å². The number of carbonyl (C=O) groups excluding carboxylic acids is 1. The summed E-state index contributed by atoms with van der Waals surface area (Å²) in [5.74, 6) is 0.307. The third-order valence-corrected chi connectivity index (χ3v) is 2.84. The Labute approximate surface area is 127 Å². The number of nitrogens with zero attached hydrogens (tertiary/aromatic N) is 1. The quantitative estimate of drug-likeness (QED) is 0.649. The molecule has 0 atom stereocenters. The van der Waals surface area contributed by atoms with Crippen molar-refractivity contribution in [2.75, 3.05) is 12.8 Å². The number of ether oxygens (including phenoxy) is 2. The first-order valence-corrected chi connectivity index (χ1v) is 6.51. The van der Waals surface area contributed by atoms with Gasteiger partial charge in [-0.15, -0.1) is 0 Å². The second-order valence-electron chi connectivity index (χ2n) is 4.46. The lowest BCUT2D eigenvalue weighted by Crippen LogP contribution is -2.01. The summed E-state index contributed by atoms with van der Waals surface area (Å²) in [6, 6.07) is 8.14. The van der Waals surface area contributed by atoms with Gasteiger partial charge in [0.25, 0.3) is 0 Å². The zero-order chi connectivity index (χ0) is 15.9. The van der Waals surface area contributed by atoms with Gasteiger partial charge in [-0.05, 0) is 29.8 Å². The zero-order valence-electron chi connectivity index (χ0n) is 12.0. The number of hydrogen-bond donors (Lipinski definition) is 2. The van der Waals surface area contributed by atoms with E-state index in [0.29, 0.717) is 17.1 Å². The summed E-state index contributed by atoms with van der Waals surface area (Å²) in [6.07, 6.45) is 4.43. The second-order valence-corrected chi connectivity index (χ2v) is 4.46. The van der Waals surface area contributed by atoms with Crippen molar-refractivity contribution in [1.29, 1.82) is 0 Å². The minimum Gasteiger partial charge on any atom is -0.504 e. The van der Waals surface area contributed by atoms with Crippen molar-refractivity contribution >= 4 is 17.9 Å². The van der Waals surface area contributed by atoms with E-state index in [0.717, 1.165) is 5.56 Å². The molecule has 0 unspecified atom stereocenters. The van der Waals surface area contributed by atoms with Gasteiger partial charge in [-0.25, -0.2) is 9.78 Å². The van der Waals surface area contributed by atoms with Crippen LogP contribution >= 0.6 is 0 Å². The molecule has 0 aliphatic heterocycles. The van der Waals surface area contributed by atoms with E-state index in [2.05, 4.69) is 4.98 Å². The van der Waals surface area contributed by atoms with Gasteiger partial charge in [0.05, 0.1) is 7.11 Å². The van der Waals surface area contributed by atoms with E-state index in [4.69, 9.17) is 15.2 Å². The molecule has 0 saturated carbocycles. The number of rotatable bonds is 5. The lowest BCUT2D eigenvalue weighted by atomic mass is 10.2. The number of hydrogen-bond acceptors (Lipinski definition) is 6. The van der Waals surface area contributed by atoms with Crippen molar-refractivity contribution in [1.82, 2.24) is 4.98 Å². The lowest BCUT2D eigenvalue weighted by Gasteiger charge is -2.04. The maximum atomic E-state index is 11.6. The molecule has 0 amide bonds. The highest BCUT2D eigenvalue weighted by Gasteiger charge is 2.02. The number of phenolic OH excluding ortho intramolecular Hbond substituents is 1. The van der Waals surface area contributed by atoms with Gasteiger partial charge in [0.15, 0.2) is 11.5 Å². The summed E-state index contributed by atoms with van der Waals surface area (Å²) in [5.41, 5.74) is 6.93. The van der Waals surface area contributed by atoms with E-state index < -0.39 is 5.97 Å². The fourth-order valence-corrected chi connectivity index (χ4v) is 1.69. The Balaban J connectivity index is 1.92. The number of esters is 1. The van der Waals surface area contributed by atoms with E-state index in [1.165, 1.54) is 19.3 Å². The average Bonchev–Trinajstić information content (AvgIpc) is 2.53. The third-order valence-electron chi connectivity index (χ3n) is 2.84. The van der Waals surface area contributed by atoms with Crippen LogP contribution in [0.1, 0.15) is 11.1 Å². The summed E-state index contributed by atoms with van der Waals surface area (Å²) in [6.45, 7) is 0.120. The standard InChI is InChI=1S/C16H16N2O4/c1-21-14-8-11(2-5-13(14)19)4-7-16(20)22-10-12-3-6-15(17)18-9-12/h2-9,19H,10H2,1H3,(H2,17,18)/b7-4+. The van der Waals surface area contributed by atoms with E-state index in [1.807, 2.05) is 0 Å². The second kappa shape index (κ2) is 7.12. The van der Waals surface area contributed by atoms with Crippen molar-refractivity contribution in [3.8, 4) is 11.5 Å². The van der Waals surface area contributed by atoms with Crippen molar-refractivity contribution < 1.29 is 19.4 Å². The molecule has 0 bridgehead atoms. The van der Waals surface area contributed by atoms with Crippen molar-refractivity contribution in [3.05, 3.63) is 53.7 Å². The Morgan fingerprint density at radius 2 is 2.18 bits per heavy atom. The number of phenols is 1. The predicted molar refractivity (Wildman–Crippen MR) is 82.1 cm³/mol. The number of nitrogen functional groups attached to an aromatic ring is 1. The molecule has 0 radical (unpaired) electrons. The van der Waals surface area contributed by atoms with Gasteiger partial charge in [0, 0.05) is 17.8 Å². The Morgan fingerprint density at radius 1 is 1.36 bits per heavy atom. The molecule has 3 N–H and O–H groups in total. The fourth-order valence-electron chi connectivity index (χ4n) is 1.69. The van der Waals surface area contributed by atoms with Gasteiger partial charge in [-0.3, -0.25) is 0 Å². The maximum absolute atomic E-state index is 11.6. The largest absolute Gasteiger partial charge is 0.504 e. The Morgan fingerprint density at radius 3 is 2.86 bits per heavy atom. The summed E-state index contributed by atoms with van der Waals surface area (Å²) in [4.78, 5) is 15.6. The molecule has 6 heteroatoms. The average molecular weight is 300 g/mol. The fraction of sp³-hybridized carbons (Fsp3) is 0.125. The van der Waals surface area contributed by atoms with Crippen LogP contribution in [0, 0.1) is 0 Å². The molecule has 0 fully saturated rings. The minimum absolute atomic E-state index is 0.0399. The number of aromatic nitrogens is 1. The Bertz CT molecular complexity index is 681. The van der Waals surface area contributed by atoms with Crippen molar-refractivity contribution in [3.63, 3.8) is 0 Å². The number of benzene rings is 1. The van der Waals surface area contributed by atoms with Crippen LogP contribution in [0.2, 0.25) is 0 Å². The lowest BCUT2D eigenvalue weighted by molar-refractivity contribution is -0.138. The molecule has 114 valence electrons. The summed E-state index contributed by atoms with van der Waals surface area (Å²) in [7, 11) is 1.46. The number of carbonyl (C=O) groups is 1. The van der Waals surface area contributed by atoms with Gasteiger partial charge in [-0.1, -0.05) is 12.1 Å². The van der Waals surface area contributed by atoms with E-state index in [1.54, 1.807) is 36.5 Å². The minimum atomic E-state index is -0.483. The molecule has 0 aliphatic carbocycles. The molecule has 6 nitrogen and oxygen atoms in total. The number of pyridine rings is 1. The summed E-state index contributed by atoms with van der Waals surface area (Å²) in [5, 5.41) is 9.49. The first-order chi connectivity index (χ1) is 10.6. The molecule has 0 spiro atoms. The van der Waals surface area contributed by atoms with Gasteiger partial charge in [0.1, 0.15) is 12.4 Å². The molecular formula is C16H16N2O4. The smallest absolute Gasteiger partial charge is 0.331 e. The highest BCUT2D eigenvalue weighted by molar-refractivity contribution is 5.87. The molecule has 1 heterocycles. The highest BCUT2D eigenvalue weighted by atomic mass is 16.5. The highest BCUT2D eigenvalue weighted by Crippen LogP contribution is 2.26. The Kier molecular flexibility index (Phi) is 4.98. The first kappa shape index (κ1) is 15.4. The monoisotopic (exact) mass is 300 g/mol. The van der Waals surface area contributed by atoms with Crippen molar-refractivity contribution in [2.45, 2.75) is 6.61 Å². The maximum Gasteiger partial charge on any atom is 0.331 e. The van der Waals surface area contributed by atoms with E-state index in [-0.39, 0.29) is 12.4 Å². The first-order valence-electron chi connectivity index (χ1n) is 6.51. The van der Waals surface area contributed by atoms with Gasteiger partial charge in [-0.2, -0.15) is 0 Å². The number of methoxy groups -OCH3 is 1. The Hall–Kier alpha value is -3.02. The van der Waals surface area contributed by atoms with E-state index in [9.17, 15) is 9.90 Å². The normalized spacial score (nSPS) is 10.6. The molecule has 0 saturated heterocycles. The molecule has 2 rings (SSSR count). The van der Waals surface area contributed by atoms with E-state index >= 15 is 0 Å². The number of nitrogens with two attached hydrogens (primary N) is 1. The topological polar surface area (TPSA) is 94.7 Å². The van der Waals surface area contributed by atoms with Gasteiger partial charge in [0.2, 0.25) is 0 Å². The van der Waals surface area contributed by atoms with Crippen LogP contribution in [0.4, 0.5) is 5.82 Å². The summed E-state index contributed by atoms with van der Waals surface area (Å²) < 4.78 is 10.1. The molecule has 0 aliphatic rings.